The number of benzene rings is 1. The predicted octanol–water partition coefficient (Wildman–Crippen LogP) is 4.66. The third-order valence-electron chi connectivity index (χ3n) is 5.60. The molecule has 27 heavy (non-hydrogen) atoms. The van der Waals surface area contributed by atoms with Gasteiger partial charge < -0.3 is 9.47 Å². The summed E-state index contributed by atoms with van der Waals surface area (Å²) in [5.41, 5.74) is 1.93. The molecule has 0 radical (unpaired) electrons. The molecule has 3 heterocycles. The SMILES string of the molecule is O=C(Cn1ccc2scc(-c3ccc(Cl)c(Cl)c3)c2c1=O)N1CC2(CC2)C1. The minimum absolute atomic E-state index is 0.0142. The third-order valence-corrected chi connectivity index (χ3v) is 7.29. The number of thiophene rings is 1. The number of hydrogen-bond donors (Lipinski definition) is 0. The average Bonchev–Trinajstić information content (AvgIpc) is 3.31. The predicted molar refractivity (Wildman–Crippen MR) is 110 cm³/mol. The summed E-state index contributed by atoms with van der Waals surface area (Å²) in [6.07, 6.45) is 4.17. The molecule has 0 unspecified atom stereocenters. The molecule has 3 aromatic rings. The molecule has 1 aliphatic heterocycles. The second kappa shape index (κ2) is 6.09. The lowest BCUT2D eigenvalue weighted by atomic mass is 9.97. The summed E-state index contributed by atoms with van der Waals surface area (Å²) in [6, 6.07) is 7.24. The van der Waals surface area contributed by atoms with Gasteiger partial charge in [-0.25, -0.2) is 0 Å². The van der Waals surface area contributed by atoms with Crippen LogP contribution in [0.5, 0.6) is 0 Å². The molecule has 7 heteroatoms. The number of amides is 1. The van der Waals surface area contributed by atoms with Crippen molar-refractivity contribution < 1.29 is 4.79 Å². The molecule has 4 nitrogen and oxygen atoms in total. The zero-order valence-electron chi connectivity index (χ0n) is 14.4. The van der Waals surface area contributed by atoms with Gasteiger partial charge in [-0.3, -0.25) is 9.59 Å². The summed E-state index contributed by atoms with van der Waals surface area (Å²) < 4.78 is 2.40. The average molecular weight is 419 g/mol. The van der Waals surface area contributed by atoms with Crippen molar-refractivity contribution in [1.29, 1.82) is 0 Å². The minimum Gasteiger partial charge on any atom is -0.340 e. The van der Waals surface area contributed by atoms with Crippen molar-refractivity contribution in [2.75, 3.05) is 13.1 Å². The highest BCUT2D eigenvalue weighted by Crippen LogP contribution is 2.52. The number of likely N-dealkylation sites (tertiary alicyclic amines) is 1. The van der Waals surface area contributed by atoms with Crippen molar-refractivity contribution in [3.8, 4) is 11.1 Å². The van der Waals surface area contributed by atoms with Gasteiger partial charge in [-0.15, -0.1) is 11.3 Å². The number of halogens is 2. The third kappa shape index (κ3) is 2.89. The van der Waals surface area contributed by atoms with E-state index in [0.29, 0.717) is 20.8 Å². The zero-order chi connectivity index (χ0) is 18.8. The van der Waals surface area contributed by atoms with Crippen LogP contribution < -0.4 is 5.56 Å². The fraction of sp³-hybridized carbons (Fsp3) is 0.300. The van der Waals surface area contributed by atoms with Crippen LogP contribution in [-0.4, -0.2) is 28.5 Å². The standard InChI is InChI=1S/C20H16Cl2N2O2S/c21-14-2-1-12(7-15(14)22)13-9-27-16-3-6-23(19(26)18(13)16)8-17(25)24-10-20(11-24)4-5-20/h1-3,6-7,9H,4-5,8,10-11H2. The number of aromatic nitrogens is 1. The van der Waals surface area contributed by atoms with Gasteiger partial charge in [-0.05, 0) is 36.6 Å². The van der Waals surface area contributed by atoms with Gasteiger partial charge in [-0.1, -0.05) is 29.3 Å². The van der Waals surface area contributed by atoms with E-state index in [0.717, 1.165) is 28.9 Å². The smallest absolute Gasteiger partial charge is 0.260 e. The van der Waals surface area contributed by atoms with E-state index in [-0.39, 0.29) is 18.0 Å². The molecular formula is C20H16Cl2N2O2S. The maximum atomic E-state index is 13.1. The number of carbonyl (C=O) groups is 1. The van der Waals surface area contributed by atoms with Crippen molar-refractivity contribution in [3.63, 3.8) is 0 Å². The molecule has 0 atom stereocenters. The second-order valence-electron chi connectivity index (χ2n) is 7.52. The van der Waals surface area contributed by atoms with Crippen LogP contribution >= 0.6 is 34.5 Å². The van der Waals surface area contributed by atoms with E-state index >= 15 is 0 Å². The summed E-state index contributed by atoms with van der Waals surface area (Å²) in [6.45, 7) is 1.77. The molecule has 1 saturated carbocycles. The maximum Gasteiger partial charge on any atom is 0.260 e. The van der Waals surface area contributed by atoms with Crippen LogP contribution in [0.2, 0.25) is 10.0 Å². The Kier molecular flexibility index (Phi) is 3.90. The van der Waals surface area contributed by atoms with Gasteiger partial charge in [0.15, 0.2) is 0 Å². The van der Waals surface area contributed by atoms with Crippen molar-refractivity contribution in [2.45, 2.75) is 19.4 Å². The van der Waals surface area contributed by atoms with Crippen molar-refractivity contribution in [3.05, 3.63) is 56.2 Å². The quantitative estimate of drug-likeness (QED) is 0.620. The monoisotopic (exact) mass is 418 g/mol. The molecule has 2 aromatic heterocycles. The minimum atomic E-state index is -0.148. The Morgan fingerprint density at radius 1 is 1.15 bits per heavy atom. The number of hydrogen-bond acceptors (Lipinski definition) is 3. The highest BCUT2D eigenvalue weighted by Gasteiger charge is 2.53. The Morgan fingerprint density at radius 3 is 2.63 bits per heavy atom. The summed E-state index contributed by atoms with van der Waals surface area (Å²) in [5.74, 6) is 0.0142. The highest BCUT2D eigenvalue weighted by atomic mass is 35.5. The molecule has 2 aliphatic rings. The molecule has 1 saturated heterocycles. The lowest BCUT2D eigenvalue weighted by Crippen LogP contribution is -2.52. The van der Waals surface area contributed by atoms with Crippen LogP contribution in [-0.2, 0) is 11.3 Å². The van der Waals surface area contributed by atoms with Gasteiger partial charge in [0.1, 0.15) is 6.54 Å². The van der Waals surface area contributed by atoms with Crippen molar-refractivity contribution >= 4 is 50.5 Å². The van der Waals surface area contributed by atoms with Gasteiger partial charge >= 0.3 is 0 Å². The number of pyridine rings is 1. The molecule has 5 rings (SSSR count). The lowest BCUT2D eigenvalue weighted by Gasteiger charge is -2.40. The zero-order valence-corrected chi connectivity index (χ0v) is 16.7. The summed E-state index contributed by atoms with van der Waals surface area (Å²) >= 11 is 13.7. The summed E-state index contributed by atoms with van der Waals surface area (Å²) in [5, 5.41) is 3.50. The molecule has 138 valence electrons. The first-order chi connectivity index (χ1) is 13.0. The molecule has 2 fully saturated rings. The van der Waals surface area contributed by atoms with Gasteiger partial charge in [0.2, 0.25) is 5.91 Å². The molecule has 1 aromatic carbocycles. The second-order valence-corrected chi connectivity index (χ2v) is 9.24. The van der Waals surface area contributed by atoms with Crippen LogP contribution in [0.25, 0.3) is 21.2 Å². The number of fused-ring (bicyclic) bond motifs is 1. The van der Waals surface area contributed by atoms with Crippen LogP contribution in [0, 0.1) is 5.41 Å². The van der Waals surface area contributed by atoms with E-state index in [4.69, 9.17) is 23.2 Å². The molecular weight excluding hydrogens is 403 g/mol. The highest BCUT2D eigenvalue weighted by molar-refractivity contribution is 7.17. The van der Waals surface area contributed by atoms with Gasteiger partial charge in [-0.2, -0.15) is 0 Å². The first kappa shape index (κ1) is 17.3. The van der Waals surface area contributed by atoms with Crippen molar-refractivity contribution in [2.24, 2.45) is 5.41 Å². The molecule has 1 spiro atoms. The molecule has 1 aliphatic carbocycles. The van der Waals surface area contributed by atoms with Crippen LogP contribution in [0.4, 0.5) is 0 Å². The molecule has 0 N–H and O–H groups in total. The van der Waals surface area contributed by atoms with Crippen LogP contribution in [0.15, 0.2) is 40.6 Å². The molecule has 0 bridgehead atoms. The van der Waals surface area contributed by atoms with Crippen LogP contribution in [0.1, 0.15) is 12.8 Å². The Bertz CT molecular complexity index is 1140. The van der Waals surface area contributed by atoms with E-state index in [1.54, 1.807) is 18.3 Å². The van der Waals surface area contributed by atoms with E-state index in [2.05, 4.69) is 0 Å². The first-order valence-electron chi connectivity index (χ1n) is 8.80. The Hall–Kier alpha value is -1.82. The fourth-order valence-electron chi connectivity index (χ4n) is 3.76. The van der Waals surface area contributed by atoms with E-state index in [1.807, 2.05) is 22.4 Å². The van der Waals surface area contributed by atoms with Crippen molar-refractivity contribution in [1.82, 2.24) is 9.47 Å². The normalized spacial score (nSPS) is 17.3. The first-order valence-corrected chi connectivity index (χ1v) is 10.4. The summed E-state index contributed by atoms with van der Waals surface area (Å²) in [4.78, 5) is 27.4. The van der Waals surface area contributed by atoms with Gasteiger partial charge in [0.05, 0.1) is 15.4 Å². The lowest BCUT2D eigenvalue weighted by molar-refractivity contribution is -0.139. The van der Waals surface area contributed by atoms with E-state index in [1.165, 1.54) is 28.7 Å². The topological polar surface area (TPSA) is 42.3 Å². The Balaban J connectivity index is 1.49. The van der Waals surface area contributed by atoms with Crippen LogP contribution in [0.3, 0.4) is 0 Å². The molecule has 1 amide bonds. The van der Waals surface area contributed by atoms with Gasteiger partial charge in [0.25, 0.3) is 5.56 Å². The number of rotatable bonds is 3. The maximum absolute atomic E-state index is 13.1. The fourth-order valence-corrected chi connectivity index (χ4v) is 5.02. The summed E-state index contributed by atoms with van der Waals surface area (Å²) in [7, 11) is 0. The van der Waals surface area contributed by atoms with E-state index in [9.17, 15) is 9.59 Å². The van der Waals surface area contributed by atoms with Gasteiger partial charge in [0, 0.05) is 40.3 Å². The number of carbonyl (C=O) groups excluding carboxylic acids is 1. The van der Waals surface area contributed by atoms with E-state index < -0.39 is 0 Å². The largest absolute Gasteiger partial charge is 0.340 e. The Morgan fingerprint density at radius 2 is 1.93 bits per heavy atom. The Labute approximate surface area is 169 Å². The number of nitrogens with zero attached hydrogens (tertiary/aromatic N) is 2.